The number of carbonyl (C=O) groups is 1. The molecular formula is C25H20B2ClFN4O3. The Morgan fingerprint density at radius 1 is 1.17 bits per heavy atom. The summed E-state index contributed by atoms with van der Waals surface area (Å²) in [5, 5.41) is 3.71. The van der Waals surface area contributed by atoms with Crippen molar-refractivity contribution in [3.63, 3.8) is 0 Å². The number of hydrogen-bond acceptors (Lipinski definition) is 5. The molecule has 1 amide bonds. The predicted molar refractivity (Wildman–Crippen MR) is 136 cm³/mol. The second-order valence-electron chi connectivity index (χ2n) is 8.55. The second-order valence-corrected chi connectivity index (χ2v) is 8.96. The molecule has 5 rings (SSSR count). The van der Waals surface area contributed by atoms with Crippen LogP contribution < -0.4 is 4.74 Å². The highest BCUT2D eigenvalue weighted by Crippen LogP contribution is 2.39. The van der Waals surface area contributed by atoms with Gasteiger partial charge in [-0.1, -0.05) is 11.6 Å². The lowest BCUT2D eigenvalue weighted by molar-refractivity contribution is 0.0729. The van der Waals surface area contributed by atoms with Crippen LogP contribution in [0.4, 0.5) is 4.39 Å². The number of pyridine rings is 1. The lowest BCUT2D eigenvalue weighted by atomic mass is 9.59. The largest absolute Gasteiger partial charge is 0.489 e. The highest BCUT2D eigenvalue weighted by Gasteiger charge is 2.43. The fraction of sp³-hybridized carbons (Fsp3) is 0.240. The maximum atomic E-state index is 15.5. The molecule has 0 aliphatic carbocycles. The first-order valence-electron chi connectivity index (χ1n) is 11.1. The molecule has 0 unspecified atom stereocenters. The van der Waals surface area contributed by atoms with Gasteiger partial charge in [0.15, 0.2) is 0 Å². The van der Waals surface area contributed by atoms with Crippen molar-refractivity contribution in [1.82, 2.24) is 19.7 Å². The van der Waals surface area contributed by atoms with Gasteiger partial charge in [0.2, 0.25) is 0 Å². The van der Waals surface area contributed by atoms with Crippen LogP contribution in [-0.2, 0) is 23.7 Å². The first-order chi connectivity index (χ1) is 17.2. The summed E-state index contributed by atoms with van der Waals surface area (Å²) >= 11 is 6.55. The van der Waals surface area contributed by atoms with E-state index in [1.165, 1.54) is 17.2 Å². The Bertz CT molecular complexity index is 1470. The fourth-order valence-electron chi connectivity index (χ4n) is 4.41. The molecule has 2 aromatic carbocycles. The van der Waals surface area contributed by atoms with E-state index in [0.717, 1.165) is 10.9 Å². The van der Waals surface area contributed by atoms with Gasteiger partial charge in [-0.15, -0.1) is 0 Å². The molecular weight excluding hydrogens is 480 g/mol. The van der Waals surface area contributed by atoms with Crippen molar-refractivity contribution < 1.29 is 18.7 Å². The molecule has 0 saturated carbocycles. The van der Waals surface area contributed by atoms with Gasteiger partial charge in [-0.2, -0.15) is 5.10 Å². The maximum Gasteiger partial charge on any atom is 0.255 e. The number of hydrogen-bond donors (Lipinski definition) is 0. The molecule has 3 heterocycles. The van der Waals surface area contributed by atoms with E-state index >= 15 is 4.39 Å². The second kappa shape index (κ2) is 9.26. The lowest BCUT2D eigenvalue weighted by Gasteiger charge is -2.33. The van der Waals surface area contributed by atoms with Crippen LogP contribution in [0.5, 0.6) is 5.75 Å². The van der Waals surface area contributed by atoms with Crippen LogP contribution in [0.2, 0.25) is 5.02 Å². The van der Waals surface area contributed by atoms with Crippen LogP contribution in [0.25, 0.3) is 22.0 Å². The summed E-state index contributed by atoms with van der Waals surface area (Å²) in [5.74, 6) is -0.441. The molecule has 0 saturated heterocycles. The third-order valence-corrected chi connectivity index (χ3v) is 6.51. The van der Waals surface area contributed by atoms with Crippen LogP contribution in [0, 0.1) is 5.82 Å². The third kappa shape index (κ3) is 4.04. The molecule has 1 aliphatic heterocycles. The quantitative estimate of drug-likeness (QED) is 0.287. The fourth-order valence-corrected chi connectivity index (χ4v) is 4.67. The molecule has 2 aromatic heterocycles. The Balaban J connectivity index is 1.50. The number of carbonyl (C=O) groups excluding carboxylic acids is 1. The zero-order chi connectivity index (χ0) is 25.6. The van der Waals surface area contributed by atoms with Crippen molar-refractivity contribution in [2.75, 3.05) is 20.3 Å². The van der Waals surface area contributed by atoms with E-state index in [0.29, 0.717) is 30.0 Å². The predicted octanol–water partition coefficient (Wildman–Crippen LogP) is 3.56. The Morgan fingerprint density at radius 3 is 2.69 bits per heavy atom. The minimum absolute atomic E-state index is 0.101. The standard InChI is InChI=1S/C25H20B2ClFN4O3/c1-32-12-17-15(5-6-21(22(17)31-32)36-9-8-35-2)14-10-19(28)18(20(29)11-14)13-33-24(34)16-4-3-7-30-23(16)25(33,26)27/h3-7,10-12H,8-9,13H2,1-2H3. The van der Waals surface area contributed by atoms with Crippen molar-refractivity contribution >= 4 is 44.1 Å². The summed E-state index contributed by atoms with van der Waals surface area (Å²) < 4.78 is 28.0. The van der Waals surface area contributed by atoms with Crippen LogP contribution in [-0.4, -0.2) is 61.6 Å². The molecule has 11 heteroatoms. The number of halogens is 2. The molecule has 0 N–H and O–H groups in total. The molecule has 178 valence electrons. The van der Waals surface area contributed by atoms with E-state index in [1.807, 2.05) is 12.3 Å². The van der Waals surface area contributed by atoms with Crippen LogP contribution in [0.3, 0.4) is 0 Å². The first-order valence-corrected chi connectivity index (χ1v) is 11.5. The van der Waals surface area contributed by atoms with E-state index in [2.05, 4.69) is 10.1 Å². The summed E-state index contributed by atoms with van der Waals surface area (Å²) in [6.45, 7) is 0.586. The summed E-state index contributed by atoms with van der Waals surface area (Å²) in [6, 6.07) is 9.83. The molecule has 4 radical (unpaired) electrons. The average molecular weight is 501 g/mol. The smallest absolute Gasteiger partial charge is 0.255 e. The number of aryl methyl sites for hydroxylation is 1. The highest BCUT2D eigenvalue weighted by atomic mass is 35.5. The van der Waals surface area contributed by atoms with E-state index < -0.39 is 17.1 Å². The van der Waals surface area contributed by atoms with E-state index in [9.17, 15) is 4.79 Å². The van der Waals surface area contributed by atoms with Gasteiger partial charge in [0.25, 0.3) is 5.91 Å². The zero-order valence-electron chi connectivity index (χ0n) is 19.7. The molecule has 0 spiro atoms. The first kappa shape index (κ1) is 24.3. The van der Waals surface area contributed by atoms with Gasteiger partial charge in [0.1, 0.15) is 23.7 Å². The van der Waals surface area contributed by atoms with Crippen LogP contribution >= 0.6 is 11.6 Å². The third-order valence-electron chi connectivity index (χ3n) is 6.18. The Hall–Kier alpha value is -3.36. The zero-order valence-corrected chi connectivity index (χ0v) is 20.4. The summed E-state index contributed by atoms with van der Waals surface area (Å²) in [6.07, 6.45) is 3.33. The normalized spacial score (nSPS) is 14.4. The molecule has 0 fully saturated rings. The number of amides is 1. The van der Waals surface area contributed by atoms with Crippen molar-refractivity contribution in [3.05, 3.63) is 76.5 Å². The van der Waals surface area contributed by atoms with Crippen molar-refractivity contribution in [2.24, 2.45) is 7.05 Å². The minimum Gasteiger partial charge on any atom is -0.489 e. The van der Waals surface area contributed by atoms with Gasteiger partial charge in [-0.05, 0) is 47.5 Å². The monoisotopic (exact) mass is 500 g/mol. The number of ether oxygens (including phenoxy) is 2. The minimum atomic E-state index is -1.69. The van der Waals surface area contributed by atoms with E-state index in [4.69, 9.17) is 36.8 Å². The van der Waals surface area contributed by atoms with E-state index in [1.54, 1.807) is 43.1 Å². The van der Waals surface area contributed by atoms with Gasteiger partial charge in [-0.3, -0.25) is 14.5 Å². The molecule has 7 nitrogen and oxygen atoms in total. The Labute approximate surface area is 215 Å². The summed E-state index contributed by atoms with van der Waals surface area (Å²) in [4.78, 5) is 18.3. The Kier molecular flexibility index (Phi) is 6.26. The number of aromatic nitrogens is 3. The summed E-state index contributed by atoms with van der Waals surface area (Å²) in [5.41, 5.74) is 2.52. The number of fused-ring (bicyclic) bond motifs is 2. The van der Waals surface area contributed by atoms with Gasteiger partial charge in [-0.25, -0.2) is 4.39 Å². The number of nitrogens with zero attached hydrogens (tertiary/aromatic N) is 4. The molecule has 36 heavy (non-hydrogen) atoms. The lowest BCUT2D eigenvalue weighted by Crippen LogP contribution is -2.44. The van der Waals surface area contributed by atoms with Gasteiger partial charge in [0, 0.05) is 54.4 Å². The van der Waals surface area contributed by atoms with Crippen LogP contribution in [0.15, 0.2) is 48.8 Å². The van der Waals surface area contributed by atoms with E-state index in [-0.39, 0.29) is 28.4 Å². The van der Waals surface area contributed by atoms with Crippen molar-refractivity contribution in [2.45, 2.75) is 11.9 Å². The molecule has 4 aromatic rings. The number of benzene rings is 2. The van der Waals surface area contributed by atoms with Gasteiger partial charge >= 0.3 is 0 Å². The molecule has 1 aliphatic rings. The maximum absolute atomic E-state index is 15.5. The molecule has 0 bridgehead atoms. The van der Waals surface area contributed by atoms with Crippen LogP contribution in [0.1, 0.15) is 21.6 Å². The van der Waals surface area contributed by atoms with Crippen molar-refractivity contribution in [3.8, 4) is 16.9 Å². The number of methoxy groups -OCH3 is 1. The average Bonchev–Trinajstić information content (AvgIpc) is 3.32. The molecule has 0 atom stereocenters. The van der Waals surface area contributed by atoms with Crippen molar-refractivity contribution in [1.29, 1.82) is 0 Å². The topological polar surface area (TPSA) is 69.5 Å². The SMILES string of the molecule is [B]C1([B])c2ncccc2C(=O)N1Cc1c(F)cc(-c2ccc(OCCOC)c3nn(C)cc23)cc1Cl. The van der Waals surface area contributed by atoms with Gasteiger partial charge in [0.05, 0.1) is 33.6 Å². The highest BCUT2D eigenvalue weighted by molar-refractivity contribution is 6.42. The number of rotatable bonds is 7. The van der Waals surface area contributed by atoms with Gasteiger partial charge < -0.3 is 14.4 Å². The Morgan fingerprint density at radius 2 is 1.97 bits per heavy atom. The summed E-state index contributed by atoms with van der Waals surface area (Å²) in [7, 11) is 15.9.